The number of carboxylic acids is 1. The van der Waals surface area contributed by atoms with Gasteiger partial charge in [-0.1, -0.05) is 0 Å². The Balaban J connectivity index is 1.52. The van der Waals surface area contributed by atoms with Gasteiger partial charge in [0.15, 0.2) is 5.69 Å². The van der Waals surface area contributed by atoms with Gasteiger partial charge in [-0.2, -0.15) is 18.2 Å². The monoisotopic (exact) mass is 384 g/mol. The summed E-state index contributed by atoms with van der Waals surface area (Å²) in [7, 11) is 0. The molecule has 2 aliphatic heterocycles. The van der Waals surface area contributed by atoms with Gasteiger partial charge in [-0.15, -0.1) is 0 Å². The Hall–Kier alpha value is -2.06. The second-order valence-electron chi connectivity index (χ2n) is 8.17. The number of nitrogens with zero attached hydrogens (tertiary/aromatic N) is 4. The highest BCUT2D eigenvalue weighted by atomic mass is 19.4. The number of aromatic nitrogens is 2. The van der Waals surface area contributed by atoms with Crippen molar-refractivity contribution in [1.29, 1.82) is 0 Å². The first-order valence-corrected chi connectivity index (χ1v) is 9.38. The standard InChI is InChI=1S/C18H23F3N4O2/c1-11-2-5-25(11)16-22-13(18(19,20)21)8-14(23-16)24-6-3-17(4-7-24)9-12(10-17)15(26)27/h8,11-12H,2-7,9-10H2,1H3,(H,26,27)/t11-/m0/s1. The van der Waals surface area contributed by atoms with E-state index in [-0.39, 0.29) is 23.3 Å². The molecule has 1 aromatic rings. The number of carboxylic acid groups (broad SMARTS) is 1. The van der Waals surface area contributed by atoms with Gasteiger partial charge < -0.3 is 14.9 Å². The van der Waals surface area contributed by atoms with Crippen LogP contribution in [-0.2, 0) is 11.0 Å². The maximum absolute atomic E-state index is 13.3. The summed E-state index contributed by atoms with van der Waals surface area (Å²) in [6.07, 6.45) is -0.671. The number of alkyl halides is 3. The summed E-state index contributed by atoms with van der Waals surface area (Å²) in [6, 6.07) is 1.18. The van der Waals surface area contributed by atoms with Crippen LogP contribution < -0.4 is 9.80 Å². The van der Waals surface area contributed by atoms with Crippen LogP contribution in [0.5, 0.6) is 0 Å². The Labute approximate surface area is 155 Å². The molecule has 3 aliphatic rings. The zero-order chi connectivity index (χ0) is 19.4. The molecule has 1 N–H and O–H groups in total. The Morgan fingerprint density at radius 3 is 2.37 bits per heavy atom. The molecule has 9 heteroatoms. The topological polar surface area (TPSA) is 69.6 Å². The molecule has 1 saturated carbocycles. The fourth-order valence-corrected chi connectivity index (χ4v) is 4.45. The maximum Gasteiger partial charge on any atom is 0.433 e. The molecule has 148 valence electrons. The second-order valence-corrected chi connectivity index (χ2v) is 8.17. The second kappa shape index (κ2) is 6.24. The average Bonchev–Trinajstić information content (AvgIpc) is 2.57. The van der Waals surface area contributed by atoms with Crippen molar-refractivity contribution in [2.75, 3.05) is 29.4 Å². The van der Waals surface area contributed by atoms with E-state index in [1.54, 1.807) is 4.90 Å². The highest BCUT2D eigenvalue weighted by Crippen LogP contribution is 2.53. The summed E-state index contributed by atoms with van der Waals surface area (Å²) in [4.78, 5) is 22.9. The van der Waals surface area contributed by atoms with Gasteiger partial charge in [-0.25, -0.2) is 4.98 Å². The zero-order valence-electron chi connectivity index (χ0n) is 15.2. The van der Waals surface area contributed by atoms with Crippen LogP contribution in [0.2, 0.25) is 0 Å². The molecule has 4 rings (SSSR count). The minimum absolute atomic E-state index is 0.0360. The van der Waals surface area contributed by atoms with Gasteiger partial charge in [-0.05, 0) is 44.4 Å². The molecule has 0 bridgehead atoms. The molecule has 0 radical (unpaired) electrons. The van der Waals surface area contributed by atoms with Crippen molar-refractivity contribution >= 4 is 17.7 Å². The molecule has 1 aliphatic carbocycles. The van der Waals surface area contributed by atoms with E-state index in [1.807, 2.05) is 11.8 Å². The molecular formula is C18H23F3N4O2. The Kier molecular flexibility index (Phi) is 4.23. The van der Waals surface area contributed by atoms with E-state index in [2.05, 4.69) is 9.97 Å². The van der Waals surface area contributed by atoms with Crippen LogP contribution in [0, 0.1) is 11.3 Å². The van der Waals surface area contributed by atoms with Crippen molar-refractivity contribution in [2.24, 2.45) is 11.3 Å². The SMILES string of the molecule is C[C@H]1CCN1c1nc(N2CCC3(CC2)CC(C(=O)O)C3)cc(C(F)(F)F)n1. The van der Waals surface area contributed by atoms with Crippen molar-refractivity contribution in [3.05, 3.63) is 11.8 Å². The molecule has 1 atom stereocenters. The van der Waals surface area contributed by atoms with Crippen LogP contribution in [-0.4, -0.2) is 46.7 Å². The lowest BCUT2D eigenvalue weighted by Gasteiger charge is -2.51. The third-order valence-corrected chi connectivity index (χ3v) is 6.42. The molecular weight excluding hydrogens is 361 g/mol. The fraction of sp³-hybridized carbons (Fsp3) is 0.722. The van der Waals surface area contributed by atoms with Crippen molar-refractivity contribution in [3.63, 3.8) is 0 Å². The first-order chi connectivity index (χ1) is 12.7. The normalized spacial score (nSPS) is 25.3. The predicted octanol–water partition coefficient (Wildman–Crippen LogP) is 3.18. The molecule has 3 heterocycles. The zero-order valence-corrected chi connectivity index (χ0v) is 15.2. The number of halogens is 3. The third kappa shape index (κ3) is 3.32. The van der Waals surface area contributed by atoms with Crippen LogP contribution in [0.1, 0.15) is 44.7 Å². The van der Waals surface area contributed by atoms with E-state index in [0.29, 0.717) is 38.3 Å². The average molecular weight is 384 g/mol. The number of hydrogen-bond donors (Lipinski definition) is 1. The predicted molar refractivity (Wildman–Crippen MR) is 92.7 cm³/mol. The molecule has 3 fully saturated rings. The van der Waals surface area contributed by atoms with E-state index in [9.17, 15) is 18.0 Å². The minimum atomic E-state index is -4.51. The molecule has 0 amide bonds. The highest BCUT2D eigenvalue weighted by Gasteiger charge is 2.49. The van der Waals surface area contributed by atoms with E-state index in [4.69, 9.17) is 5.11 Å². The number of anilines is 2. The molecule has 0 unspecified atom stereocenters. The molecule has 1 aromatic heterocycles. The molecule has 1 spiro atoms. The van der Waals surface area contributed by atoms with Crippen LogP contribution in [0.4, 0.5) is 24.9 Å². The smallest absolute Gasteiger partial charge is 0.433 e. The lowest BCUT2D eigenvalue weighted by Crippen LogP contribution is -2.49. The Bertz CT molecular complexity index is 739. The molecule has 6 nitrogen and oxygen atoms in total. The third-order valence-electron chi connectivity index (χ3n) is 6.42. The van der Waals surface area contributed by atoms with Crippen molar-refractivity contribution in [2.45, 2.75) is 51.2 Å². The van der Waals surface area contributed by atoms with Crippen molar-refractivity contribution in [3.8, 4) is 0 Å². The van der Waals surface area contributed by atoms with Crippen LogP contribution in [0.25, 0.3) is 0 Å². The Morgan fingerprint density at radius 2 is 1.89 bits per heavy atom. The number of carbonyl (C=O) groups is 1. The summed E-state index contributed by atoms with van der Waals surface area (Å²) in [5.41, 5.74) is -0.870. The van der Waals surface area contributed by atoms with Gasteiger partial charge in [0.25, 0.3) is 0 Å². The maximum atomic E-state index is 13.3. The van der Waals surface area contributed by atoms with E-state index in [0.717, 1.165) is 25.3 Å². The first kappa shape index (κ1) is 18.3. The lowest BCUT2D eigenvalue weighted by molar-refractivity contribution is -0.151. The number of hydrogen-bond acceptors (Lipinski definition) is 5. The van der Waals surface area contributed by atoms with Crippen LogP contribution in [0.3, 0.4) is 0 Å². The summed E-state index contributed by atoms with van der Waals surface area (Å²) in [5, 5.41) is 9.08. The molecule has 0 aromatic carbocycles. The van der Waals surface area contributed by atoms with Gasteiger partial charge >= 0.3 is 12.1 Å². The molecule has 2 saturated heterocycles. The molecule has 27 heavy (non-hydrogen) atoms. The highest BCUT2D eigenvalue weighted by molar-refractivity contribution is 5.71. The van der Waals surface area contributed by atoms with Gasteiger partial charge in [0.2, 0.25) is 5.95 Å². The van der Waals surface area contributed by atoms with Gasteiger partial charge in [0.1, 0.15) is 5.82 Å². The summed E-state index contributed by atoms with van der Waals surface area (Å²) in [5.74, 6) is -0.558. The van der Waals surface area contributed by atoms with E-state index >= 15 is 0 Å². The minimum Gasteiger partial charge on any atom is -0.481 e. The van der Waals surface area contributed by atoms with E-state index in [1.165, 1.54) is 0 Å². The van der Waals surface area contributed by atoms with Gasteiger partial charge in [0.05, 0.1) is 5.92 Å². The Morgan fingerprint density at radius 1 is 1.22 bits per heavy atom. The van der Waals surface area contributed by atoms with E-state index < -0.39 is 17.8 Å². The van der Waals surface area contributed by atoms with Crippen LogP contribution >= 0.6 is 0 Å². The largest absolute Gasteiger partial charge is 0.481 e. The summed E-state index contributed by atoms with van der Waals surface area (Å²) in [6.45, 7) is 3.81. The van der Waals surface area contributed by atoms with Crippen molar-refractivity contribution in [1.82, 2.24) is 9.97 Å². The lowest BCUT2D eigenvalue weighted by atomic mass is 9.57. The summed E-state index contributed by atoms with van der Waals surface area (Å²) < 4.78 is 40.0. The first-order valence-electron chi connectivity index (χ1n) is 9.38. The summed E-state index contributed by atoms with van der Waals surface area (Å²) >= 11 is 0. The van der Waals surface area contributed by atoms with Gasteiger partial charge in [0, 0.05) is 31.7 Å². The van der Waals surface area contributed by atoms with Crippen LogP contribution in [0.15, 0.2) is 6.07 Å². The number of aliphatic carboxylic acids is 1. The fourth-order valence-electron chi connectivity index (χ4n) is 4.45. The quantitative estimate of drug-likeness (QED) is 0.863. The van der Waals surface area contributed by atoms with Crippen molar-refractivity contribution < 1.29 is 23.1 Å². The number of rotatable bonds is 3. The van der Waals surface area contributed by atoms with Gasteiger partial charge in [-0.3, -0.25) is 4.79 Å². The number of piperidine rings is 1.